The molecule has 1 atom stereocenters. The molecule has 2 aromatic rings. The van der Waals surface area contributed by atoms with Crippen molar-refractivity contribution in [2.24, 2.45) is 0 Å². The van der Waals surface area contributed by atoms with E-state index in [0.717, 1.165) is 29.7 Å². The summed E-state index contributed by atoms with van der Waals surface area (Å²) in [5, 5.41) is 3.48. The van der Waals surface area contributed by atoms with Crippen LogP contribution in [0.15, 0.2) is 42.5 Å². The van der Waals surface area contributed by atoms with Gasteiger partial charge < -0.3 is 5.32 Å². The fourth-order valence-corrected chi connectivity index (χ4v) is 2.37. The zero-order chi connectivity index (χ0) is 14.5. The summed E-state index contributed by atoms with van der Waals surface area (Å²) in [6.07, 6.45) is 1.12. The van der Waals surface area contributed by atoms with E-state index in [1.54, 1.807) is 12.1 Å². The summed E-state index contributed by atoms with van der Waals surface area (Å²) in [6.45, 7) is 7.24. The molecule has 0 aromatic heterocycles. The highest BCUT2D eigenvalue weighted by Gasteiger charge is 2.07. The average molecular weight is 271 g/mol. The molecule has 0 saturated carbocycles. The van der Waals surface area contributed by atoms with Crippen molar-refractivity contribution in [3.63, 3.8) is 0 Å². The van der Waals surface area contributed by atoms with Crippen LogP contribution in [0, 0.1) is 12.7 Å². The first-order valence-corrected chi connectivity index (χ1v) is 7.21. The third kappa shape index (κ3) is 3.67. The normalized spacial score (nSPS) is 12.4. The van der Waals surface area contributed by atoms with Crippen molar-refractivity contribution in [1.82, 2.24) is 5.32 Å². The Morgan fingerprint density at radius 1 is 1.10 bits per heavy atom. The third-order valence-electron chi connectivity index (χ3n) is 3.46. The van der Waals surface area contributed by atoms with Crippen molar-refractivity contribution in [1.29, 1.82) is 0 Å². The fourth-order valence-electron chi connectivity index (χ4n) is 2.37. The molecule has 0 spiro atoms. The van der Waals surface area contributed by atoms with Crippen LogP contribution in [0.25, 0.3) is 11.1 Å². The molecule has 1 unspecified atom stereocenters. The first kappa shape index (κ1) is 14.7. The quantitative estimate of drug-likeness (QED) is 0.818. The molecule has 0 aliphatic rings. The summed E-state index contributed by atoms with van der Waals surface area (Å²) in [6, 6.07) is 13.8. The minimum Gasteiger partial charge on any atom is -0.310 e. The molecule has 0 fully saturated rings. The molecule has 106 valence electrons. The van der Waals surface area contributed by atoms with Crippen LogP contribution in [0.3, 0.4) is 0 Å². The molecule has 0 radical (unpaired) electrons. The Labute approximate surface area is 120 Å². The fraction of sp³-hybridized carbons (Fsp3) is 0.333. The van der Waals surface area contributed by atoms with E-state index in [1.165, 1.54) is 5.56 Å². The molecule has 2 heteroatoms. The molecule has 0 saturated heterocycles. The van der Waals surface area contributed by atoms with Crippen LogP contribution in [-0.4, -0.2) is 6.54 Å². The van der Waals surface area contributed by atoms with Gasteiger partial charge in [-0.05, 0) is 67.3 Å². The van der Waals surface area contributed by atoms with Crippen molar-refractivity contribution in [2.75, 3.05) is 6.54 Å². The molecule has 1 nitrogen and oxygen atoms in total. The molecular formula is C18H22FN. The highest BCUT2D eigenvalue weighted by molar-refractivity contribution is 5.65. The van der Waals surface area contributed by atoms with Gasteiger partial charge in [-0.3, -0.25) is 0 Å². The van der Waals surface area contributed by atoms with Gasteiger partial charge in [0.1, 0.15) is 5.82 Å². The number of hydrogen-bond acceptors (Lipinski definition) is 1. The van der Waals surface area contributed by atoms with Crippen LogP contribution >= 0.6 is 0 Å². The molecule has 0 amide bonds. The topological polar surface area (TPSA) is 12.0 Å². The largest absolute Gasteiger partial charge is 0.310 e. The summed E-state index contributed by atoms with van der Waals surface area (Å²) in [5.41, 5.74) is 4.18. The van der Waals surface area contributed by atoms with E-state index >= 15 is 0 Å². The zero-order valence-corrected chi connectivity index (χ0v) is 12.4. The minimum atomic E-state index is -0.178. The second kappa shape index (κ2) is 6.67. The molecule has 0 aliphatic heterocycles. The summed E-state index contributed by atoms with van der Waals surface area (Å²) < 4.78 is 13.5. The van der Waals surface area contributed by atoms with Gasteiger partial charge in [-0.2, -0.15) is 0 Å². The standard InChI is InChI=1S/C18H22FN/c1-4-8-20-14(3)15-6-5-7-16(11-15)17-9-13(2)10-18(19)12-17/h5-7,9-12,14,20H,4,8H2,1-3H3. The predicted molar refractivity (Wildman–Crippen MR) is 83.3 cm³/mol. The van der Waals surface area contributed by atoms with Gasteiger partial charge in [-0.15, -0.1) is 0 Å². The average Bonchev–Trinajstić information content (AvgIpc) is 2.44. The Hall–Kier alpha value is -1.67. The summed E-state index contributed by atoms with van der Waals surface area (Å²) >= 11 is 0. The molecule has 0 bridgehead atoms. The number of nitrogens with one attached hydrogen (secondary N) is 1. The maximum atomic E-state index is 13.5. The number of hydrogen-bond donors (Lipinski definition) is 1. The van der Waals surface area contributed by atoms with Gasteiger partial charge >= 0.3 is 0 Å². The Bertz CT molecular complexity index is 557. The maximum absolute atomic E-state index is 13.5. The summed E-state index contributed by atoms with van der Waals surface area (Å²) in [7, 11) is 0. The van der Waals surface area contributed by atoms with E-state index in [2.05, 4.69) is 31.3 Å². The monoisotopic (exact) mass is 271 g/mol. The van der Waals surface area contributed by atoms with Crippen LogP contribution in [-0.2, 0) is 0 Å². The van der Waals surface area contributed by atoms with Gasteiger partial charge in [0.05, 0.1) is 0 Å². The van der Waals surface area contributed by atoms with E-state index in [0.29, 0.717) is 6.04 Å². The van der Waals surface area contributed by atoms with Crippen LogP contribution in [0.5, 0.6) is 0 Å². The first-order chi connectivity index (χ1) is 9.60. The molecule has 20 heavy (non-hydrogen) atoms. The second-order valence-corrected chi connectivity index (χ2v) is 5.32. The molecule has 2 rings (SSSR count). The Morgan fingerprint density at radius 3 is 2.60 bits per heavy atom. The molecule has 1 N–H and O–H groups in total. The first-order valence-electron chi connectivity index (χ1n) is 7.21. The van der Waals surface area contributed by atoms with Gasteiger partial charge in [-0.25, -0.2) is 4.39 Å². The van der Waals surface area contributed by atoms with Crippen molar-refractivity contribution in [2.45, 2.75) is 33.2 Å². The van der Waals surface area contributed by atoms with Crippen LogP contribution in [0.2, 0.25) is 0 Å². The van der Waals surface area contributed by atoms with E-state index in [4.69, 9.17) is 0 Å². The van der Waals surface area contributed by atoms with Gasteiger partial charge in [0.25, 0.3) is 0 Å². The molecular weight excluding hydrogens is 249 g/mol. The minimum absolute atomic E-state index is 0.178. The van der Waals surface area contributed by atoms with Crippen LogP contribution in [0.4, 0.5) is 4.39 Å². The number of halogens is 1. The number of rotatable bonds is 5. The van der Waals surface area contributed by atoms with E-state index in [1.807, 2.05) is 25.1 Å². The highest BCUT2D eigenvalue weighted by atomic mass is 19.1. The molecule has 0 aliphatic carbocycles. The number of aryl methyl sites for hydroxylation is 1. The van der Waals surface area contributed by atoms with Crippen LogP contribution < -0.4 is 5.32 Å². The van der Waals surface area contributed by atoms with E-state index in [9.17, 15) is 4.39 Å². The smallest absolute Gasteiger partial charge is 0.124 e. The summed E-state index contributed by atoms with van der Waals surface area (Å²) in [5.74, 6) is -0.178. The summed E-state index contributed by atoms with van der Waals surface area (Å²) in [4.78, 5) is 0. The third-order valence-corrected chi connectivity index (χ3v) is 3.46. The van der Waals surface area contributed by atoms with Gasteiger partial charge in [0, 0.05) is 6.04 Å². The zero-order valence-electron chi connectivity index (χ0n) is 12.4. The lowest BCUT2D eigenvalue weighted by Gasteiger charge is -2.15. The lowest BCUT2D eigenvalue weighted by Crippen LogP contribution is -2.19. The molecule has 0 heterocycles. The van der Waals surface area contributed by atoms with Crippen LogP contribution in [0.1, 0.15) is 37.4 Å². The second-order valence-electron chi connectivity index (χ2n) is 5.32. The van der Waals surface area contributed by atoms with Crippen molar-refractivity contribution < 1.29 is 4.39 Å². The van der Waals surface area contributed by atoms with Gasteiger partial charge in [0.2, 0.25) is 0 Å². The lowest BCUT2D eigenvalue weighted by atomic mass is 9.99. The van der Waals surface area contributed by atoms with Crippen molar-refractivity contribution >= 4 is 0 Å². The number of benzene rings is 2. The lowest BCUT2D eigenvalue weighted by molar-refractivity contribution is 0.571. The SMILES string of the molecule is CCCNC(C)c1cccc(-c2cc(C)cc(F)c2)c1. The predicted octanol–water partition coefficient (Wildman–Crippen LogP) is 4.86. The Morgan fingerprint density at radius 2 is 1.90 bits per heavy atom. The molecule has 2 aromatic carbocycles. The van der Waals surface area contributed by atoms with Gasteiger partial charge in [-0.1, -0.05) is 31.2 Å². The van der Waals surface area contributed by atoms with Crippen molar-refractivity contribution in [3.05, 3.63) is 59.4 Å². The Balaban J connectivity index is 2.29. The maximum Gasteiger partial charge on any atom is 0.124 e. The van der Waals surface area contributed by atoms with E-state index in [-0.39, 0.29) is 5.82 Å². The highest BCUT2D eigenvalue weighted by Crippen LogP contribution is 2.25. The van der Waals surface area contributed by atoms with Gasteiger partial charge in [0.15, 0.2) is 0 Å². The Kier molecular flexibility index (Phi) is 4.91. The van der Waals surface area contributed by atoms with Crippen molar-refractivity contribution in [3.8, 4) is 11.1 Å². The van der Waals surface area contributed by atoms with E-state index < -0.39 is 0 Å².